The van der Waals surface area contributed by atoms with Gasteiger partial charge in [-0.25, -0.2) is 4.98 Å². The van der Waals surface area contributed by atoms with Gasteiger partial charge >= 0.3 is 0 Å². The molecule has 0 fully saturated rings. The fraction of sp³-hybridized carbons (Fsp3) is 0.875. The number of aromatic nitrogens is 3. The molecule has 0 saturated heterocycles. The molecular weight excluding hydrogens is 248 g/mol. The summed E-state index contributed by atoms with van der Waals surface area (Å²) in [5.41, 5.74) is 0. The monoisotopic (exact) mass is 280 g/mol. The van der Waals surface area contributed by atoms with Crippen molar-refractivity contribution in [3.05, 3.63) is 12.2 Å². The first-order chi connectivity index (χ1) is 9.81. The van der Waals surface area contributed by atoms with Gasteiger partial charge in [0.2, 0.25) is 0 Å². The standard InChI is InChI=1S/C16H32N4/c1-4-7-8-9-10-11-15(17-12-5-2)13-16-18-14-19-20(16)6-3/h14-15,17H,4-13H2,1-3H3. The third kappa shape index (κ3) is 6.51. The predicted molar refractivity (Wildman–Crippen MR) is 84.9 cm³/mol. The van der Waals surface area contributed by atoms with Crippen molar-refractivity contribution in [2.24, 2.45) is 0 Å². The van der Waals surface area contributed by atoms with Gasteiger partial charge in [0.15, 0.2) is 0 Å². The Hall–Kier alpha value is -0.900. The minimum atomic E-state index is 0.547. The molecular formula is C16H32N4. The largest absolute Gasteiger partial charge is 0.314 e. The quantitative estimate of drug-likeness (QED) is 0.595. The van der Waals surface area contributed by atoms with Gasteiger partial charge in [0.05, 0.1) is 0 Å². The van der Waals surface area contributed by atoms with Crippen LogP contribution < -0.4 is 5.32 Å². The van der Waals surface area contributed by atoms with E-state index in [4.69, 9.17) is 0 Å². The van der Waals surface area contributed by atoms with Crippen LogP contribution in [0, 0.1) is 0 Å². The van der Waals surface area contributed by atoms with E-state index in [1.54, 1.807) is 6.33 Å². The highest BCUT2D eigenvalue weighted by atomic mass is 15.3. The summed E-state index contributed by atoms with van der Waals surface area (Å²) in [6, 6.07) is 0.547. The van der Waals surface area contributed by atoms with Crippen LogP contribution in [0.2, 0.25) is 0 Å². The molecule has 0 aliphatic heterocycles. The molecule has 1 N–H and O–H groups in total. The van der Waals surface area contributed by atoms with E-state index in [0.717, 1.165) is 25.3 Å². The van der Waals surface area contributed by atoms with Gasteiger partial charge in [-0.3, -0.25) is 4.68 Å². The molecule has 0 saturated carbocycles. The summed E-state index contributed by atoms with van der Waals surface area (Å²) in [6.07, 6.45) is 11.9. The molecule has 0 aliphatic rings. The zero-order valence-electron chi connectivity index (χ0n) is 13.6. The first kappa shape index (κ1) is 17.2. The van der Waals surface area contributed by atoms with Crippen LogP contribution in [0.3, 0.4) is 0 Å². The molecule has 1 aromatic rings. The maximum Gasteiger partial charge on any atom is 0.138 e. The van der Waals surface area contributed by atoms with E-state index < -0.39 is 0 Å². The first-order valence-corrected chi connectivity index (χ1v) is 8.41. The lowest BCUT2D eigenvalue weighted by molar-refractivity contribution is 0.435. The Morgan fingerprint density at radius 1 is 1.10 bits per heavy atom. The summed E-state index contributed by atoms with van der Waals surface area (Å²) in [4.78, 5) is 4.40. The van der Waals surface area contributed by atoms with Gasteiger partial charge in [-0.1, -0.05) is 46.0 Å². The highest BCUT2D eigenvalue weighted by Gasteiger charge is 2.12. The van der Waals surface area contributed by atoms with E-state index in [2.05, 4.69) is 36.2 Å². The highest BCUT2D eigenvalue weighted by molar-refractivity contribution is 4.89. The SMILES string of the molecule is CCCCCCCC(Cc1ncnn1CC)NCCC. The van der Waals surface area contributed by atoms with Crippen molar-refractivity contribution in [2.75, 3.05) is 6.54 Å². The Balaban J connectivity index is 2.38. The number of rotatable bonds is 12. The minimum absolute atomic E-state index is 0.547. The second-order valence-corrected chi connectivity index (χ2v) is 5.55. The van der Waals surface area contributed by atoms with E-state index in [-0.39, 0.29) is 0 Å². The van der Waals surface area contributed by atoms with Crippen molar-refractivity contribution in [2.45, 2.75) is 84.7 Å². The Bertz CT molecular complexity index is 335. The number of unbranched alkanes of at least 4 members (excludes halogenated alkanes) is 4. The van der Waals surface area contributed by atoms with Gasteiger partial charge in [0.1, 0.15) is 12.2 Å². The smallest absolute Gasteiger partial charge is 0.138 e. The van der Waals surface area contributed by atoms with Crippen molar-refractivity contribution in [1.29, 1.82) is 0 Å². The third-order valence-corrected chi connectivity index (χ3v) is 3.76. The highest BCUT2D eigenvalue weighted by Crippen LogP contribution is 2.10. The fourth-order valence-electron chi connectivity index (χ4n) is 2.55. The lowest BCUT2D eigenvalue weighted by Gasteiger charge is -2.18. The van der Waals surface area contributed by atoms with E-state index in [9.17, 15) is 0 Å². The number of nitrogens with zero attached hydrogens (tertiary/aromatic N) is 3. The molecule has 20 heavy (non-hydrogen) atoms. The second kappa shape index (κ2) is 10.8. The van der Waals surface area contributed by atoms with E-state index >= 15 is 0 Å². The first-order valence-electron chi connectivity index (χ1n) is 8.41. The summed E-state index contributed by atoms with van der Waals surface area (Å²) in [5.74, 6) is 1.12. The van der Waals surface area contributed by atoms with Crippen LogP contribution >= 0.6 is 0 Å². The van der Waals surface area contributed by atoms with Crippen molar-refractivity contribution < 1.29 is 0 Å². The molecule has 116 valence electrons. The summed E-state index contributed by atoms with van der Waals surface area (Å²) < 4.78 is 2.01. The van der Waals surface area contributed by atoms with Crippen molar-refractivity contribution in [3.8, 4) is 0 Å². The summed E-state index contributed by atoms with van der Waals surface area (Å²) in [5, 5.41) is 7.94. The van der Waals surface area contributed by atoms with Crippen molar-refractivity contribution in [3.63, 3.8) is 0 Å². The van der Waals surface area contributed by atoms with Gasteiger partial charge in [0, 0.05) is 19.0 Å². The Morgan fingerprint density at radius 2 is 1.90 bits per heavy atom. The van der Waals surface area contributed by atoms with Gasteiger partial charge in [-0.05, 0) is 26.3 Å². The maximum absolute atomic E-state index is 4.40. The second-order valence-electron chi connectivity index (χ2n) is 5.55. The van der Waals surface area contributed by atoms with Gasteiger partial charge in [0.25, 0.3) is 0 Å². The average molecular weight is 280 g/mol. The van der Waals surface area contributed by atoms with Crippen molar-refractivity contribution in [1.82, 2.24) is 20.1 Å². The van der Waals surface area contributed by atoms with Crippen LogP contribution in [0.1, 0.15) is 71.5 Å². The fourth-order valence-corrected chi connectivity index (χ4v) is 2.55. The van der Waals surface area contributed by atoms with Crippen LogP contribution in [0.4, 0.5) is 0 Å². The molecule has 0 aromatic carbocycles. The molecule has 0 radical (unpaired) electrons. The van der Waals surface area contributed by atoms with Gasteiger partial charge in [-0.15, -0.1) is 0 Å². The normalized spacial score (nSPS) is 12.8. The van der Waals surface area contributed by atoms with Gasteiger partial charge in [-0.2, -0.15) is 5.10 Å². The molecule has 1 aromatic heterocycles. The third-order valence-electron chi connectivity index (χ3n) is 3.76. The molecule has 1 atom stereocenters. The number of hydrogen-bond acceptors (Lipinski definition) is 3. The molecule has 0 bridgehead atoms. The Kier molecular flexibility index (Phi) is 9.29. The van der Waals surface area contributed by atoms with E-state index in [1.165, 1.54) is 44.9 Å². The summed E-state index contributed by atoms with van der Waals surface area (Å²) >= 11 is 0. The van der Waals surface area contributed by atoms with Crippen LogP contribution in [-0.4, -0.2) is 27.4 Å². The molecule has 0 aliphatic carbocycles. The van der Waals surface area contributed by atoms with E-state index in [1.807, 2.05) is 4.68 Å². The molecule has 4 heteroatoms. The zero-order valence-corrected chi connectivity index (χ0v) is 13.6. The Morgan fingerprint density at radius 3 is 2.60 bits per heavy atom. The van der Waals surface area contributed by atoms with Crippen LogP contribution in [0.25, 0.3) is 0 Å². The molecule has 4 nitrogen and oxygen atoms in total. The van der Waals surface area contributed by atoms with Crippen LogP contribution in [0.15, 0.2) is 6.33 Å². The summed E-state index contributed by atoms with van der Waals surface area (Å²) in [7, 11) is 0. The summed E-state index contributed by atoms with van der Waals surface area (Å²) in [6.45, 7) is 8.62. The molecule has 1 heterocycles. The number of nitrogens with one attached hydrogen (secondary N) is 1. The lowest BCUT2D eigenvalue weighted by atomic mass is 10.0. The zero-order chi connectivity index (χ0) is 14.6. The number of aryl methyl sites for hydroxylation is 1. The van der Waals surface area contributed by atoms with Crippen molar-refractivity contribution >= 4 is 0 Å². The average Bonchev–Trinajstić information content (AvgIpc) is 2.91. The molecule has 1 rings (SSSR count). The number of hydrogen-bond donors (Lipinski definition) is 1. The molecule has 1 unspecified atom stereocenters. The maximum atomic E-state index is 4.40. The van der Waals surface area contributed by atoms with Crippen LogP contribution in [-0.2, 0) is 13.0 Å². The van der Waals surface area contributed by atoms with E-state index in [0.29, 0.717) is 6.04 Å². The minimum Gasteiger partial charge on any atom is -0.314 e. The topological polar surface area (TPSA) is 42.7 Å². The van der Waals surface area contributed by atoms with Gasteiger partial charge < -0.3 is 5.32 Å². The van der Waals surface area contributed by atoms with Crippen LogP contribution in [0.5, 0.6) is 0 Å². The molecule has 0 amide bonds. The molecule has 0 spiro atoms. The lowest BCUT2D eigenvalue weighted by Crippen LogP contribution is -2.32. The predicted octanol–water partition coefficient (Wildman–Crippen LogP) is 3.57. The Labute approximate surface area is 124 Å².